The molecule has 0 atom stereocenters. The van der Waals surface area contributed by atoms with Gasteiger partial charge in [-0.2, -0.15) is 10.4 Å². The van der Waals surface area contributed by atoms with Gasteiger partial charge in [0.15, 0.2) is 5.82 Å². The molecule has 0 unspecified atom stereocenters. The summed E-state index contributed by atoms with van der Waals surface area (Å²) in [6.45, 7) is 4.19. The van der Waals surface area contributed by atoms with Crippen molar-refractivity contribution in [2.75, 3.05) is 11.1 Å². The van der Waals surface area contributed by atoms with E-state index in [-0.39, 0.29) is 18.2 Å². The van der Waals surface area contributed by atoms with Crippen LogP contribution in [-0.4, -0.2) is 27.0 Å². The zero-order valence-corrected chi connectivity index (χ0v) is 12.8. The Morgan fingerprint density at radius 2 is 2.00 bits per heavy atom. The van der Waals surface area contributed by atoms with Crippen molar-refractivity contribution >= 4 is 11.6 Å². The zero-order chi connectivity index (χ0) is 15.4. The first kappa shape index (κ1) is 15.6. The summed E-state index contributed by atoms with van der Waals surface area (Å²) in [5, 5.41) is 26.8. The van der Waals surface area contributed by atoms with Gasteiger partial charge in [-0.05, 0) is 38.5 Å². The topological polar surface area (TPSA) is 99.9 Å². The lowest BCUT2D eigenvalue weighted by molar-refractivity contribution is 0.126. The minimum atomic E-state index is -0.189. The van der Waals surface area contributed by atoms with Crippen LogP contribution in [0.15, 0.2) is 0 Å². The normalized spacial score (nSPS) is 22.2. The first-order valence-corrected chi connectivity index (χ1v) is 7.83. The Labute approximate surface area is 125 Å². The second kappa shape index (κ2) is 6.81. The molecule has 1 saturated carbocycles. The van der Waals surface area contributed by atoms with E-state index in [1.807, 2.05) is 0 Å². The highest BCUT2D eigenvalue weighted by Gasteiger charge is 2.24. The molecule has 1 heterocycles. The fourth-order valence-electron chi connectivity index (χ4n) is 2.99. The molecule has 1 fully saturated rings. The summed E-state index contributed by atoms with van der Waals surface area (Å²) in [5.41, 5.74) is 6.53. The van der Waals surface area contributed by atoms with Crippen molar-refractivity contribution in [2.45, 2.75) is 70.6 Å². The predicted octanol–water partition coefficient (Wildman–Crippen LogP) is 2.41. The van der Waals surface area contributed by atoms with Crippen molar-refractivity contribution < 1.29 is 5.11 Å². The number of anilines is 2. The van der Waals surface area contributed by atoms with Gasteiger partial charge < -0.3 is 16.2 Å². The Bertz CT molecular complexity index is 507. The SMILES string of the molecule is CCC(CC)n1nc(NC2CCC(O)CC2)c(C#N)c1N. The molecule has 0 saturated heterocycles. The van der Waals surface area contributed by atoms with Crippen molar-refractivity contribution in [3.63, 3.8) is 0 Å². The van der Waals surface area contributed by atoms with Gasteiger partial charge in [0.05, 0.1) is 12.1 Å². The second-order valence-corrected chi connectivity index (χ2v) is 5.79. The van der Waals surface area contributed by atoms with Gasteiger partial charge in [0, 0.05) is 6.04 Å². The third-order valence-electron chi connectivity index (χ3n) is 4.39. The van der Waals surface area contributed by atoms with Gasteiger partial charge >= 0.3 is 0 Å². The summed E-state index contributed by atoms with van der Waals surface area (Å²) in [6.07, 6.45) is 5.05. The number of hydrogen-bond donors (Lipinski definition) is 3. The van der Waals surface area contributed by atoms with Gasteiger partial charge in [0.1, 0.15) is 17.5 Å². The highest BCUT2D eigenvalue weighted by Crippen LogP contribution is 2.29. The number of nitrogens with zero attached hydrogens (tertiary/aromatic N) is 3. The van der Waals surface area contributed by atoms with Gasteiger partial charge in [-0.25, -0.2) is 4.68 Å². The summed E-state index contributed by atoms with van der Waals surface area (Å²) in [5.74, 6) is 1.04. The summed E-state index contributed by atoms with van der Waals surface area (Å²) in [7, 11) is 0. The van der Waals surface area contributed by atoms with E-state index >= 15 is 0 Å². The highest BCUT2D eigenvalue weighted by atomic mass is 16.3. The minimum absolute atomic E-state index is 0.189. The number of nitrogens with two attached hydrogens (primary N) is 1. The van der Waals surface area contributed by atoms with E-state index in [4.69, 9.17) is 5.73 Å². The van der Waals surface area contributed by atoms with E-state index in [0.717, 1.165) is 38.5 Å². The maximum Gasteiger partial charge on any atom is 0.168 e. The molecule has 4 N–H and O–H groups in total. The van der Waals surface area contributed by atoms with Gasteiger partial charge in [0.25, 0.3) is 0 Å². The van der Waals surface area contributed by atoms with Crippen LogP contribution in [0.3, 0.4) is 0 Å². The molecule has 6 heteroatoms. The van der Waals surface area contributed by atoms with Crippen molar-refractivity contribution in [1.29, 1.82) is 5.26 Å². The quantitative estimate of drug-likeness (QED) is 0.773. The summed E-state index contributed by atoms with van der Waals surface area (Å²) in [6, 6.07) is 2.64. The molecule has 1 aromatic rings. The molecule has 0 amide bonds. The van der Waals surface area contributed by atoms with Crippen molar-refractivity contribution in [2.24, 2.45) is 0 Å². The number of nitrogen functional groups attached to an aromatic ring is 1. The number of hydrogen-bond acceptors (Lipinski definition) is 5. The number of nitriles is 1. The first-order chi connectivity index (χ1) is 10.1. The van der Waals surface area contributed by atoms with E-state index in [1.54, 1.807) is 4.68 Å². The van der Waals surface area contributed by atoms with Gasteiger partial charge in [-0.15, -0.1) is 0 Å². The van der Waals surface area contributed by atoms with Crippen LogP contribution in [0.5, 0.6) is 0 Å². The van der Waals surface area contributed by atoms with Crippen LogP contribution in [-0.2, 0) is 0 Å². The van der Waals surface area contributed by atoms with Crippen LogP contribution < -0.4 is 11.1 Å². The van der Waals surface area contributed by atoms with E-state index in [2.05, 4.69) is 30.3 Å². The predicted molar refractivity (Wildman–Crippen MR) is 82.9 cm³/mol. The summed E-state index contributed by atoms with van der Waals surface area (Å²) < 4.78 is 1.78. The van der Waals surface area contributed by atoms with Gasteiger partial charge in [-0.1, -0.05) is 13.8 Å². The molecule has 1 aromatic heterocycles. The molecular weight excluding hydrogens is 266 g/mol. The average molecular weight is 291 g/mol. The molecule has 0 bridgehead atoms. The molecule has 0 radical (unpaired) electrons. The Morgan fingerprint density at radius 1 is 1.38 bits per heavy atom. The van der Waals surface area contributed by atoms with Crippen LogP contribution >= 0.6 is 0 Å². The molecule has 1 aliphatic carbocycles. The summed E-state index contributed by atoms with van der Waals surface area (Å²) in [4.78, 5) is 0. The number of aliphatic hydroxyl groups is 1. The van der Waals surface area contributed by atoms with Gasteiger partial charge in [-0.3, -0.25) is 0 Å². The van der Waals surface area contributed by atoms with Crippen molar-refractivity contribution in [3.8, 4) is 6.07 Å². The van der Waals surface area contributed by atoms with E-state index < -0.39 is 0 Å². The number of nitrogens with one attached hydrogen (secondary N) is 1. The largest absolute Gasteiger partial charge is 0.393 e. The maximum absolute atomic E-state index is 9.56. The van der Waals surface area contributed by atoms with Crippen molar-refractivity contribution in [3.05, 3.63) is 5.56 Å². The van der Waals surface area contributed by atoms with E-state index in [1.165, 1.54) is 0 Å². The molecule has 116 valence electrons. The molecule has 2 rings (SSSR count). The fourth-order valence-corrected chi connectivity index (χ4v) is 2.99. The maximum atomic E-state index is 9.56. The lowest BCUT2D eigenvalue weighted by Gasteiger charge is -2.26. The van der Waals surface area contributed by atoms with Gasteiger partial charge in [0.2, 0.25) is 0 Å². The van der Waals surface area contributed by atoms with E-state index in [9.17, 15) is 10.4 Å². The van der Waals surface area contributed by atoms with Crippen LogP contribution in [0.2, 0.25) is 0 Å². The molecule has 0 aromatic carbocycles. The average Bonchev–Trinajstić information content (AvgIpc) is 2.79. The Hall–Kier alpha value is -1.74. The zero-order valence-electron chi connectivity index (χ0n) is 12.8. The lowest BCUT2D eigenvalue weighted by atomic mass is 9.93. The van der Waals surface area contributed by atoms with Crippen LogP contribution in [0, 0.1) is 11.3 Å². The Morgan fingerprint density at radius 3 is 2.52 bits per heavy atom. The van der Waals surface area contributed by atoms with E-state index in [0.29, 0.717) is 17.2 Å². The number of aliphatic hydroxyl groups excluding tert-OH is 1. The monoisotopic (exact) mass is 291 g/mol. The molecule has 1 aliphatic rings. The highest BCUT2D eigenvalue weighted by molar-refractivity contribution is 5.64. The first-order valence-electron chi connectivity index (χ1n) is 7.83. The third kappa shape index (κ3) is 3.30. The standard InChI is InChI=1S/C15H25N5O/c1-3-11(4-2)20-14(17)13(9-16)15(19-20)18-10-5-7-12(21)8-6-10/h10-12,21H,3-8,17H2,1-2H3,(H,18,19). The molecule has 21 heavy (non-hydrogen) atoms. The summed E-state index contributed by atoms with van der Waals surface area (Å²) >= 11 is 0. The molecule has 0 spiro atoms. The Balaban J connectivity index is 2.19. The third-order valence-corrected chi connectivity index (χ3v) is 4.39. The van der Waals surface area contributed by atoms with Crippen molar-refractivity contribution in [1.82, 2.24) is 9.78 Å². The second-order valence-electron chi connectivity index (χ2n) is 5.79. The molecular formula is C15H25N5O. The number of aromatic nitrogens is 2. The molecule has 6 nitrogen and oxygen atoms in total. The van der Waals surface area contributed by atoms with Crippen LogP contribution in [0.4, 0.5) is 11.6 Å². The minimum Gasteiger partial charge on any atom is -0.393 e. The Kier molecular flexibility index (Phi) is 5.07. The molecule has 0 aliphatic heterocycles. The number of rotatable bonds is 5. The fraction of sp³-hybridized carbons (Fsp3) is 0.733. The lowest BCUT2D eigenvalue weighted by Crippen LogP contribution is -2.28. The van der Waals surface area contributed by atoms with Crippen LogP contribution in [0.1, 0.15) is 64.0 Å². The smallest absolute Gasteiger partial charge is 0.168 e. The van der Waals surface area contributed by atoms with Crippen LogP contribution in [0.25, 0.3) is 0 Å².